The van der Waals surface area contributed by atoms with Crippen LogP contribution in [0.1, 0.15) is 25.7 Å². The van der Waals surface area contributed by atoms with Gasteiger partial charge in [0.05, 0.1) is 24.3 Å². The Labute approximate surface area is 150 Å². The zero-order valence-electron chi connectivity index (χ0n) is 13.9. The molecule has 0 atom stereocenters. The maximum atomic E-state index is 11.2. The predicted octanol–water partition coefficient (Wildman–Crippen LogP) is 2.18. The number of carbonyl (C=O) groups excluding carboxylic acids is 2. The predicted molar refractivity (Wildman–Crippen MR) is 94.5 cm³/mol. The minimum Gasteiger partial charge on any atom is -0.277 e. The van der Waals surface area contributed by atoms with E-state index in [4.69, 9.17) is 0 Å². The van der Waals surface area contributed by atoms with Crippen molar-refractivity contribution >= 4 is 35.3 Å². The monoisotopic (exact) mass is 373 g/mol. The Balaban J connectivity index is 2.23. The van der Waals surface area contributed by atoms with E-state index >= 15 is 0 Å². The van der Waals surface area contributed by atoms with Crippen LogP contribution in [0.5, 0.6) is 0 Å². The lowest BCUT2D eigenvalue weighted by Gasteiger charge is -2.05. The van der Waals surface area contributed by atoms with Crippen molar-refractivity contribution in [2.45, 2.75) is 35.7 Å². The molecule has 0 aromatic carbocycles. The molecule has 7 nitrogen and oxygen atoms in total. The van der Waals surface area contributed by atoms with Crippen molar-refractivity contribution in [2.75, 3.05) is 25.7 Å². The first-order chi connectivity index (χ1) is 11.7. The van der Waals surface area contributed by atoms with Gasteiger partial charge in [-0.2, -0.15) is 0 Å². The smallest absolute Gasteiger partial charge is 0.243 e. The zero-order chi connectivity index (χ0) is 17.6. The highest BCUT2D eigenvalue weighted by Gasteiger charge is 2.04. The number of pyridine rings is 1. The summed E-state index contributed by atoms with van der Waals surface area (Å²) in [5.41, 5.74) is 4.59. The fourth-order valence-corrected chi connectivity index (χ4v) is 3.43. The lowest BCUT2D eigenvalue weighted by atomic mass is 10.3. The van der Waals surface area contributed by atoms with E-state index < -0.39 is 0 Å². The summed E-state index contributed by atoms with van der Waals surface area (Å²) in [6.07, 6.45) is 2.37. The third kappa shape index (κ3) is 9.76. The van der Waals surface area contributed by atoms with Gasteiger partial charge in [-0.1, -0.05) is 6.07 Å². The molecule has 1 aromatic rings. The van der Waals surface area contributed by atoms with E-state index in [-0.39, 0.29) is 11.8 Å². The van der Waals surface area contributed by atoms with Gasteiger partial charge in [-0.15, -0.1) is 23.5 Å². The van der Waals surface area contributed by atoms with Crippen molar-refractivity contribution in [2.24, 2.45) is 0 Å². The number of thioether (sulfide) groups is 2. The number of hydrogen-bond acceptors (Lipinski definition) is 7. The van der Waals surface area contributed by atoms with Crippen LogP contribution in [0.4, 0.5) is 0 Å². The van der Waals surface area contributed by atoms with Gasteiger partial charge in [-0.25, -0.2) is 15.9 Å². The SMILES string of the molecule is CONC(=O)CCCSc1cccc(SCCCC(=O)NOC)n1. The second kappa shape index (κ2) is 13.1. The maximum absolute atomic E-state index is 11.2. The molecule has 1 aromatic heterocycles. The van der Waals surface area contributed by atoms with Gasteiger partial charge in [0.2, 0.25) is 11.8 Å². The summed E-state index contributed by atoms with van der Waals surface area (Å²) < 4.78 is 0. The zero-order valence-corrected chi connectivity index (χ0v) is 15.5. The van der Waals surface area contributed by atoms with Crippen LogP contribution in [-0.2, 0) is 19.3 Å². The van der Waals surface area contributed by atoms with Crippen LogP contribution < -0.4 is 11.0 Å². The Hall–Kier alpha value is -1.29. The van der Waals surface area contributed by atoms with Crippen molar-refractivity contribution < 1.29 is 19.3 Å². The molecule has 0 aliphatic rings. The minimum absolute atomic E-state index is 0.118. The number of nitrogens with one attached hydrogen (secondary N) is 2. The minimum atomic E-state index is -0.118. The molecule has 9 heteroatoms. The van der Waals surface area contributed by atoms with Crippen molar-refractivity contribution in [3.63, 3.8) is 0 Å². The first-order valence-electron chi connectivity index (χ1n) is 7.52. The van der Waals surface area contributed by atoms with Gasteiger partial charge < -0.3 is 0 Å². The van der Waals surface area contributed by atoms with Crippen LogP contribution in [0.25, 0.3) is 0 Å². The van der Waals surface area contributed by atoms with Gasteiger partial charge in [0, 0.05) is 12.8 Å². The number of carbonyl (C=O) groups is 2. The second-order valence-corrected chi connectivity index (χ2v) is 6.91. The largest absolute Gasteiger partial charge is 0.277 e. The molecule has 0 aliphatic carbocycles. The Kier molecular flexibility index (Phi) is 11.3. The van der Waals surface area contributed by atoms with E-state index in [0.29, 0.717) is 12.8 Å². The number of hydroxylamine groups is 2. The summed E-state index contributed by atoms with van der Waals surface area (Å²) in [4.78, 5) is 36.2. The molecule has 0 saturated carbocycles. The topological polar surface area (TPSA) is 89.5 Å². The Morgan fingerprint density at radius 1 is 0.958 bits per heavy atom. The van der Waals surface area contributed by atoms with Crippen LogP contribution in [0.15, 0.2) is 28.3 Å². The molecule has 0 spiro atoms. The number of hydrogen-bond donors (Lipinski definition) is 2. The second-order valence-electron chi connectivity index (χ2n) is 4.68. The lowest BCUT2D eigenvalue weighted by molar-refractivity contribution is -0.132. The van der Waals surface area contributed by atoms with Gasteiger partial charge in [-0.3, -0.25) is 19.3 Å². The maximum Gasteiger partial charge on any atom is 0.243 e. The average molecular weight is 374 g/mol. The number of aromatic nitrogens is 1. The molecule has 0 saturated heterocycles. The van der Waals surface area contributed by atoms with Crippen LogP contribution in [0.2, 0.25) is 0 Å². The number of rotatable bonds is 12. The number of amides is 2. The van der Waals surface area contributed by atoms with E-state index in [0.717, 1.165) is 34.4 Å². The quantitative estimate of drug-likeness (QED) is 0.330. The first-order valence-corrected chi connectivity index (χ1v) is 9.49. The van der Waals surface area contributed by atoms with Gasteiger partial charge in [0.25, 0.3) is 0 Å². The van der Waals surface area contributed by atoms with Crippen LogP contribution in [0, 0.1) is 0 Å². The Morgan fingerprint density at radius 2 is 1.42 bits per heavy atom. The summed E-state index contributed by atoms with van der Waals surface area (Å²) in [6, 6.07) is 5.87. The average Bonchev–Trinajstić information content (AvgIpc) is 2.57. The van der Waals surface area contributed by atoms with Gasteiger partial charge in [0.1, 0.15) is 0 Å². The fourth-order valence-electron chi connectivity index (χ4n) is 1.71. The summed E-state index contributed by atoms with van der Waals surface area (Å²) in [6.45, 7) is 0. The van der Waals surface area contributed by atoms with E-state index in [9.17, 15) is 9.59 Å². The van der Waals surface area contributed by atoms with Crippen molar-refractivity contribution in [3.05, 3.63) is 18.2 Å². The molecular formula is C15H23N3O4S2. The van der Waals surface area contributed by atoms with E-state index in [1.807, 2.05) is 18.2 Å². The molecule has 134 valence electrons. The molecular weight excluding hydrogens is 350 g/mol. The third-order valence-corrected chi connectivity index (χ3v) is 4.76. The molecule has 0 aliphatic heterocycles. The van der Waals surface area contributed by atoms with Crippen molar-refractivity contribution in [1.82, 2.24) is 15.9 Å². The van der Waals surface area contributed by atoms with Gasteiger partial charge in [-0.05, 0) is 36.5 Å². The van der Waals surface area contributed by atoms with E-state index in [2.05, 4.69) is 25.6 Å². The highest BCUT2D eigenvalue weighted by molar-refractivity contribution is 7.99. The molecule has 2 N–H and O–H groups in total. The van der Waals surface area contributed by atoms with Crippen molar-refractivity contribution in [1.29, 1.82) is 0 Å². The van der Waals surface area contributed by atoms with Gasteiger partial charge in [0.15, 0.2) is 0 Å². The standard InChI is InChI=1S/C15H23N3O4S2/c1-21-17-12(19)6-4-10-23-14-8-3-9-15(16-14)24-11-5-7-13(20)18-22-2/h3,8-9H,4-7,10-11H2,1-2H3,(H,17,19)(H,18,20). The Morgan fingerprint density at radius 3 is 1.83 bits per heavy atom. The summed E-state index contributed by atoms with van der Waals surface area (Å²) in [5.74, 6) is 1.39. The normalized spacial score (nSPS) is 10.4. The molecule has 2 amide bonds. The molecule has 24 heavy (non-hydrogen) atoms. The highest BCUT2D eigenvalue weighted by Crippen LogP contribution is 2.22. The summed E-state index contributed by atoms with van der Waals surface area (Å²) >= 11 is 3.24. The molecule has 0 radical (unpaired) electrons. The molecule has 1 heterocycles. The molecule has 1 rings (SSSR count). The van der Waals surface area contributed by atoms with E-state index in [1.165, 1.54) is 14.2 Å². The summed E-state index contributed by atoms with van der Waals surface area (Å²) in [5, 5.41) is 1.87. The Bertz CT molecular complexity index is 476. The number of nitrogens with zero attached hydrogens (tertiary/aromatic N) is 1. The third-order valence-electron chi connectivity index (χ3n) is 2.73. The highest BCUT2D eigenvalue weighted by atomic mass is 32.2. The molecule has 0 bridgehead atoms. The van der Waals surface area contributed by atoms with Crippen LogP contribution in [0.3, 0.4) is 0 Å². The van der Waals surface area contributed by atoms with Crippen LogP contribution >= 0.6 is 23.5 Å². The lowest BCUT2D eigenvalue weighted by Crippen LogP contribution is -2.21. The molecule has 0 unspecified atom stereocenters. The van der Waals surface area contributed by atoms with Crippen molar-refractivity contribution in [3.8, 4) is 0 Å². The fraction of sp³-hybridized carbons (Fsp3) is 0.533. The first kappa shape index (κ1) is 20.8. The van der Waals surface area contributed by atoms with Gasteiger partial charge >= 0.3 is 0 Å². The van der Waals surface area contributed by atoms with Crippen LogP contribution in [-0.4, -0.2) is 42.5 Å². The summed E-state index contributed by atoms with van der Waals surface area (Å²) in [7, 11) is 2.84. The molecule has 0 fully saturated rings. The van der Waals surface area contributed by atoms with E-state index in [1.54, 1.807) is 23.5 Å².